The third-order valence-electron chi connectivity index (χ3n) is 4.17. The molecule has 1 fully saturated rings. The molecule has 7 nitrogen and oxygen atoms in total. The first kappa shape index (κ1) is 18.9. The van der Waals surface area contributed by atoms with E-state index in [9.17, 15) is 18.5 Å². The van der Waals surface area contributed by atoms with Crippen molar-refractivity contribution in [3.63, 3.8) is 0 Å². The predicted octanol–water partition coefficient (Wildman–Crippen LogP) is 3.41. The van der Waals surface area contributed by atoms with Crippen molar-refractivity contribution in [1.82, 2.24) is 4.31 Å². The second-order valence-corrected chi connectivity index (χ2v) is 8.50. The SMILES string of the molecule is O=[N+]([O-])c1cccc(S(=O)(=O)N2CCN(c3ccc(Cl)c(Cl)c3)CC2)c1. The minimum atomic E-state index is -3.78. The van der Waals surface area contributed by atoms with Crippen molar-refractivity contribution < 1.29 is 13.3 Å². The van der Waals surface area contributed by atoms with Crippen LogP contribution in [0.3, 0.4) is 0 Å². The summed E-state index contributed by atoms with van der Waals surface area (Å²) in [4.78, 5) is 12.2. The largest absolute Gasteiger partial charge is 0.369 e. The van der Waals surface area contributed by atoms with Crippen molar-refractivity contribution in [2.24, 2.45) is 0 Å². The molecule has 0 radical (unpaired) electrons. The Hall–Kier alpha value is -1.87. The van der Waals surface area contributed by atoms with Crippen LogP contribution in [0.5, 0.6) is 0 Å². The molecule has 3 rings (SSSR count). The summed E-state index contributed by atoms with van der Waals surface area (Å²) in [6, 6.07) is 10.4. The van der Waals surface area contributed by atoms with E-state index in [1.807, 2.05) is 11.0 Å². The van der Waals surface area contributed by atoms with Crippen molar-refractivity contribution >= 4 is 44.6 Å². The summed E-state index contributed by atoms with van der Waals surface area (Å²) in [5.74, 6) is 0. The fourth-order valence-corrected chi connectivity index (χ4v) is 4.53. The van der Waals surface area contributed by atoms with Crippen LogP contribution in [-0.2, 0) is 10.0 Å². The molecule has 0 saturated carbocycles. The summed E-state index contributed by atoms with van der Waals surface area (Å²) < 4.78 is 26.8. The number of halogens is 2. The molecule has 0 amide bonds. The van der Waals surface area contributed by atoms with Crippen LogP contribution in [0.1, 0.15) is 0 Å². The van der Waals surface area contributed by atoms with Crippen LogP contribution in [-0.4, -0.2) is 43.8 Å². The van der Waals surface area contributed by atoms with Gasteiger partial charge in [-0.15, -0.1) is 0 Å². The molecule has 0 N–H and O–H groups in total. The summed E-state index contributed by atoms with van der Waals surface area (Å²) >= 11 is 12.0. The zero-order chi connectivity index (χ0) is 18.9. The number of anilines is 1. The maximum absolute atomic E-state index is 12.8. The minimum Gasteiger partial charge on any atom is -0.369 e. The molecule has 0 spiro atoms. The summed E-state index contributed by atoms with van der Waals surface area (Å²) in [6.45, 7) is 1.49. The fraction of sp³-hybridized carbons (Fsp3) is 0.250. The normalized spacial score (nSPS) is 15.8. The van der Waals surface area contributed by atoms with Crippen LogP contribution in [0.4, 0.5) is 11.4 Å². The lowest BCUT2D eigenvalue weighted by Gasteiger charge is -2.35. The van der Waals surface area contributed by atoms with Gasteiger partial charge in [0.15, 0.2) is 0 Å². The van der Waals surface area contributed by atoms with Crippen LogP contribution in [0, 0.1) is 10.1 Å². The van der Waals surface area contributed by atoms with E-state index in [0.29, 0.717) is 23.1 Å². The van der Waals surface area contributed by atoms with Crippen LogP contribution in [0.15, 0.2) is 47.4 Å². The molecule has 1 heterocycles. The molecule has 1 aliphatic rings. The average Bonchev–Trinajstić information content (AvgIpc) is 2.64. The van der Waals surface area contributed by atoms with Gasteiger partial charge in [-0.3, -0.25) is 10.1 Å². The van der Waals surface area contributed by atoms with E-state index in [1.54, 1.807) is 12.1 Å². The Kier molecular flexibility index (Phi) is 5.38. The van der Waals surface area contributed by atoms with Gasteiger partial charge < -0.3 is 4.90 Å². The molecule has 1 aliphatic heterocycles. The molecule has 2 aromatic carbocycles. The Balaban J connectivity index is 1.75. The molecule has 2 aromatic rings. The number of hydrogen-bond donors (Lipinski definition) is 0. The lowest BCUT2D eigenvalue weighted by molar-refractivity contribution is -0.385. The van der Waals surface area contributed by atoms with E-state index in [-0.39, 0.29) is 23.7 Å². The van der Waals surface area contributed by atoms with Crippen molar-refractivity contribution in [2.45, 2.75) is 4.90 Å². The van der Waals surface area contributed by atoms with Gasteiger partial charge in [-0.05, 0) is 24.3 Å². The number of nitro benzene ring substituents is 1. The number of rotatable bonds is 4. The second kappa shape index (κ2) is 7.40. The molecule has 0 bridgehead atoms. The van der Waals surface area contributed by atoms with Gasteiger partial charge in [0.1, 0.15) is 0 Å². The van der Waals surface area contributed by atoms with Crippen molar-refractivity contribution in [3.8, 4) is 0 Å². The third kappa shape index (κ3) is 3.78. The molecule has 1 saturated heterocycles. The topological polar surface area (TPSA) is 83.8 Å². The number of nitrogens with zero attached hydrogens (tertiary/aromatic N) is 3. The molecule has 0 unspecified atom stereocenters. The monoisotopic (exact) mass is 415 g/mol. The summed E-state index contributed by atoms with van der Waals surface area (Å²) in [5.41, 5.74) is 0.618. The molecule has 138 valence electrons. The van der Waals surface area contributed by atoms with Gasteiger partial charge >= 0.3 is 0 Å². The van der Waals surface area contributed by atoms with Gasteiger partial charge in [0, 0.05) is 44.0 Å². The second-order valence-electron chi connectivity index (χ2n) is 5.74. The Morgan fingerprint density at radius 1 is 0.962 bits per heavy atom. The predicted molar refractivity (Wildman–Crippen MR) is 101 cm³/mol. The summed E-state index contributed by atoms with van der Waals surface area (Å²) in [5, 5.41) is 11.8. The standard InChI is InChI=1S/C16H15Cl2N3O4S/c17-15-5-4-12(11-16(15)18)19-6-8-20(9-7-19)26(24,25)14-3-1-2-13(10-14)21(22)23/h1-5,10-11H,6-9H2. The van der Waals surface area contributed by atoms with E-state index in [2.05, 4.69) is 0 Å². The molecular weight excluding hydrogens is 401 g/mol. The van der Waals surface area contributed by atoms with Gasteiger partial charge in [0.05, 0.1) is 19.9 Å². The van der Waals surface area contributed by atoms with Crippen molar-refractivity contribution in [2.75, 3.05) is 31.1 Å². The van der Waals surface area contributed by atoms with E-state index in [0.717, 1.165) is 11.8 Å². The quantitative estimate of drug-likeness (QED) is 0.564. The summed E-state index contributed by atoms with van der Waals surface area (Å²) in [7, 11) is -3.78. The van der Waals surface area contributed by atoms with Gasteiger partial charge in [0.25, 0.3) is 5.69 Å². The maximum atomic E-state index is 12.8. The van der Waals surface area contributed by atoms with Gasteiger partial charge in [-0.25, -0.2) is 8.42 Å². The number of piperazine rings is 1. The number of benzene rings is 2. The van der Waals surface area contributed by atoms with Crippen LogP contribution in [0.25, 0.3) is 0 Å². The minimum absolute atomic E-state index is 0.0744. The van der Waals surface area contributed by atoms with Crippen LogP contribution in [0.2, 0.25) is 10.0 Å². The zero-order valence-electron chi connectivity index (χ0n) is 13.5. The average molecular weight is 416 g/mol. The Morgan fingerprint density at radius 3 is 2.27 bits per heavy atom. The smallest absolute Gasteiger partial charge is 0.270 e. The first-order valence-corrected chi connectivity index (χ1v) is 9.93. The van der Waals surface area contributed by atoms with E-state index in [4.69, 9.17) is 23.2 Å². The van der Waals surface area contributed by atoms with E-state index < -0.39 is 14.9 Å². The Labute approximate surface area is 160 Å². The fourth-order valence-electron chi connectivity index (χ4n) is 2.78. The Morgan fingerprint density at radius 2 is 1.65 bits per heavy atom. The zero-order valence-corrected chi connectivity index (χ0v) is 15.8. The highest BCUT2D eigenvalue weighted by molar-refractivity contribution is 7.89. The number of nitro groups is 1. The first-order valence-electron chi connectivity index (χ1n) is 7.73. The highest BCUT2D eigenvalue weighted by Crippen LogP contribution is 2.29. The lowest BCUT2D eigenvalue weighted by atomic mass is 10.2. The molecule has 0 aliphatic carbocycles. The highest BCUT2D eigenvalue weighted by atomic mass is 35.5. The number of sulfonamides is 1. The number of non-ortho nitro benzene ring substituents is 1. The molecule has 0 atom stereocenters. The van der Waals surface area contributed by atoms with Gasteiger partial charge in [-0.2, -0.15) is 4.31 Å². The first-order chi connectivity index (χ1) is 12.3. The molecule has 26 heavy (non-hydrogen) atoms. The maximum Gasteiger partial charge on any atom is 0.270 e. The molecular formula is C16H15Cl2N3O4S. The molecule has 10 heteroatoms. The highest BCUT2D eigenvalue weighted by Gasteiger charge is 2.29. The van der Waals surface area contributed by atoms with Gasteiger partial charge in [-0.1, -0.05) is 29.3 Å². The van der Waals surface area contributed by atoms with Crippen LogP contribution >= 0.6 is 23.2 Å². The molecule has 0 aromatic heterocycles. The van der Waals surface area contributed by atoms with E-state index in [1.165, 1.54) is 22.5 Å². The number of hydrogen-bond acceptors (Lipinski definition) is 5. The summed E-state index contributed by atoms with van der Waals surface area (Å²) in [6.07, 6.45) is 0. The Bertz CT molecular complexity index is 944. The van der Waals surface area contributed by atoms with Crippen molar-refractivity contribution in [1.29, 1.82) is 0 Å². The third-order valence-corrected chi connectivity index (χ3v) is 6.81. The van der Waals surface area contributed by atoms with E-state index >= 15 is 0 Å². The van der Waals surface area contributed by atoms with Crippen molar-refractivity contribution in [3.05, 3.63) is 62.6 Å². The lowest BCUT2D eigenvalue weighted by Crippen LogP contribution is -2.48. The van der Waals surface area contributed by atoms with Crippen LogP contribution < -0.4 is 4.90 Å². The van der Waals surface area contributed by atoms with Gasteiger partial charge in [0.2, 0.25) is 10.0 Å².